The maximum Gasteiger partial charge on any atom is 0.341 e. The largest absolute Gasteiger partial charge is 0.465 e. The summed E-state index contributed by atoms with van der Waals surface area (Å²) in [6.07, 6.45) is 0.644. The smallest absolute Gasteiger partial charge is 0.341 e. The van der Waals surface area contributed by atoms with Crippen LogP contribution in [0, 0.1) is 6.92 Å². The van der Waals surface area contributed by atoms with Crippen LogP contribution in [0.5, 0.6) is 5.75 Å². The van der Waals surface area contributed by atoms with Crippen LogP contribution in [0.25, 0.3) is 0 Å². The average Bonchev–Trinajstić information content (AvgIpc) is 2.93. The zero-order valence-electron chi connectivity index (χ0n) is 21.9. The fourth-order valence-electron chi connectivity index (χ4n) is 4.17. The maximum atomic E-state index is 13.1. The SMILES string of the molecule is CCc1cc(C)c(C(=O)OC)c(OC(=O)CS(=O)(=O)c2ccc([S+](c3ccccc3)c3ccccc3)cc2)c1. The quantitative estimate of drug-likeness (QED) is 0.145. The zero-order chi connectivity index (χ0) is 28.0. The number of sulfone groups is 1. The minimum atomic E-state index is -4.00. The van der Waals surface area contributed by atoms with Crippen molar-refractivity contribution in [3.05, 3.63) is 114 Å². The predicted octanol–water partition coefficient (Wildman–Crippen LogP) is 5.82. The van der Waals surface area contributed by atoms with Crippen molar-refractivity contribution in [1.82, 2.24) is 0 Å². The molecule has 0 heterocycles. The molecule has 0 atom stereocenters. The molecule has 4 rings (SSSR count). The van der Waals surface area contributed by atoms with Crippen LogP contribution >= 0.6 is 0 Å². The van der Waals surface area contributed by atoms with E-state index in [0.29, 0.717) is 12.0 Å². The van der Waals surface area contributed by atoms with Crippen molar-refractivity contribution in [2.45, 2.75) is 39.9 Å². The van der Waals surface area contributed by atoms with E-state index in [2.05, 4.69) is 24.3 Å². The van der Waals surface area contributed by atoms with Gasteiger partial charge in [-0.05, 0) is 79.1 Å². The summed E-state index contributed by atoms with van der Waals surface area (Å²) in [7, 11) is -3.20. The first kappa shape index (κ1) is 28.1. The Balaban J connectivity index is 1.58. The molecule has 39 heavy (non-hydrogen) atoms. The summed E-state index contributed by atoms with van der Waals surface area (Å²) >= 11 is 0. The fraction of sp³-hybridized carbons (Fsp3) is 0.161. The van der Waals surface area contributed by atoms with Gasteiger partial charge in [-0.2, -0.15) is 0 Å². The normalized spacial score (nSPS) is 11.3. The third-order valence-electron chi connectivity index (χ3n) is 6.06. The molecule has 0 bridgehead atoms. The number of carbonyl (C=O) groups is 2. The Labute approximate surface area is 231 Å². The minimum absolute atomic E-state index is 0.0102. The topological polar surface area (TPSA) is 86.7 Å². The number of methoxy groups -OCH3 is 1. The van der Waals surface area contributed by atoms with Gasteiger partial charge in [-0.15, -0.1) is 0 Å². The van der Waals surface area contributed by atoms with E-state index in [0.717, 1.165) is 20.2 Å². The molecule has 0 unspecified atom stereocenters. The van der Waals surface area contributed by atoms with Gasteiger partial charge in [0.2, 0.25) is 0 Å². The molecule has 0 aliphatic rings. The van der Waals surface area contributed by atoms with Crippen LogP contribution in [0.2, 0.25) is 0 Å². The molecule has 6 nitrogen and oxygen atoms in total. The Hall–Kier alpha value is -3.88. The molecule has 0 aromatic heterocycles. The van der Waals surface area contributed by atoms with Gasteiger partial charge < -0.3 is 9.47 Å². The van der Waals surface area contributed by atoms with E-state index in [1.54, 1.807) is 31.2 Å². The van der Waals surface area contributed by atoms with Crippen molar-refractivity contribution in [2.24, 2.45) is 0 Å². The lowest BCUT2D eigenvalue weighted by Crippen LogP contribution is -2.22. The highest BCUT2D eigenvalue weighted by molar-refractivity contribution is 7.97. The van der Waals surface area contributed by atoms with E-state index in [1.807, 2.05) is 43.3 Å². The van der Waals surface area contributed by atoms with Crippen LogP contribution in [0.15, 0.2) is 117 Å². The van der Waals surface area contributed by atoms with Crippen LogP contribution in [0.4, 0.5) is 0 Å². The van der Waals surface area contributed by atoms with Crippen LogP contribution < -0.4 is 4.74 Å². The molecule has 0 spiro atoms. The number of benzene rings is 4. The number of ether oxygens (including phenoxy) is 2. The van der Waals surface area contributed by atoms with Crippen LogP contribution in [0.3, 0.4) is 0 Å². The van der Waals surface area contributed by atoms with E-state index in [4.69, 9.17) is 9.47 Å². The van der Waals surface area contributed by atoms with Crippen LogP contribution in [-0.2, 0) is 36.7 Å². The standard InChI is InChI=1S/C31H29O6S2/c1-4-23-19-22(2)30(31(33)36-3)28(20-23)37-29(32)21-39(34,35)27-17-15-26(16-18-27)38(24-11-7-5-8-12-24)25-13-9-6-10-14-25/h5-20H,4,21H2,1-3H3/q+1. The van der Waals surface area contributed by atoms with Crippen molar-refractivity contribution < 1.29 is 27.5 Å². The van der Waals surface area contributed by atoms with Gasteiger partial charge in [0.1, 0.15) is 11.3 Å². The Bertz CT molecular complexity index is 1530. The Kier molecular flexibility index (Phi) is 8.89. The maximum absolute atomic E-state index is 13.1. The zero-order valence-corrected chi connectivity index (χ0v) is 23.6. The molecule has 4 aromatic carbocycles. The number of esters is 2. The first-order valence-corrected chi connectivity index (χ1v) is 15.2. The van der Waals surface area contributed by atoms with Gasteiger partial charge in [0.05, 0.1) is 22.9 Å². The second-order valence-electron chi connectivity index (χ2n) is 8.77. The predicted molar refractivity (Wildman–Crippen MR) is 151 cm³/mol. The minimum Gasteiger partial charge on any atom is -0.465 e. The van der Waals surface area contributed by atoms with Crippen molar-refractivity contribution >= 4 is 32.7 Å². The van der Waals surface area contributed by atoms with Crippen LogP contribution in [0.1, 0.15) is 28.4 Å². The monoisotopic (exact) mass is 561 g/mol. The number of carbonyl (C=O) groups excluding carboxylic acids is 2. The lowest BCUT2D eigenvalue weighted by atomic mass is 10.0. The highest BCUT2D eigenvalue weighted by Gasteiger charge is 2.30. The highest BCUT2D eigenvalue weighted by Crippen LogP contribution is 2.32. The summed E-state index contributed by atoms with van der Waals surface area (Å²) in [5.74, 6) is -2.52. The second kappa shape index (κ2) is 12.3. The lowest BCUT2D eigenvalue weighted by Gasteiger charge is -2.13. The fourth-order valence-corrected chi connectivity index (χ4v) is 7.34. The molecule has 0 saturated carbocycles. The van der Waals surface area contributed by atoms with E-state index < -0.39 is 38.4 Å². The van der Waals surface area contributed by atoms with Crippen molar-refractivity contribution in [1.29, 1.82) is 0 Å². The van der Waals surface area contributed by atoms with E-state index >= 15 is 0 Å². The molecule has 8 heteroatoms. The molecule has 0 aliphatic carbocycles. The summed E-state index contributed by atoms with van der Waals surface area (Å²) in [6, 6.07) is 30.0. The molecule has 0 saturated heterocycles. The lowest BCUT2D eigenvalue weighted by molar-refractivity contribution is -0.131. The van der Waals surface area contributed by atoms with Gasteiger partial charge in [0, 0.05) is 0 Å². The summed E-state index contributed by atoms with van der Waals surface area (Å²) < 4.78 is 36.5. The summed E-state index contributed by atoms with van der Waals surface area (Å²) in [6.45, 7) is 3.63. The highest BCUT2D eigenvalue weighted by atomic mass is 32.2. The molecule has 200 valence electrons. The molecule has 0 fully saturated rings. The summed E-state index contributed by atoms with van der Waals surface area (Å²) in [4.78, 5) is 28.2. The van der Waals surface area contributed by atoms with Gasteiger partial charge in [0.15, 0.2) is 30.3 Å². The average molecular weight is 562 g/mol. The second-order valence-corrected chi connectivity index (χ2v) is 12.8. The first-order valence-electron chi connectivity index (χ1n) is 12.3. The molecule has 0 radical (unpaired) electrons. The third kappa shape index (κ3) is 6.58. The van der Waals surface area contributed by atoms with Crippen molar-refractivity contribution in [2.75, 3.05) is 12.9 Å². The molecule has 0 aliphatic heterocycles. The Morgan fingerprint density at radius 2 is 1.33 bits per heavy atom. The first-order chi connectivity index (χ1) is 18.7. The van der Waals surface area contributed by atoms with Gasteiger partial charge in [0.25, 0.3) is 0 Å². The molecule has 0 N–H and O–H groups in total. The van der Waals surface area contributed by atoms with Gasteiger partial charge >= 0.3 is 11.9 Å². The van der Waals surface area contributed by atoms with E-state index in [-0.39, 0.29) is 16.2 Å². The van der Waals surface area contributed by atoms with E-state index in [1.165, 1.54) is 19.2 Å². The van der Waals surface area contributed by atoms with Crippen molar-refractivity contribution in [3.63, 3.8) is 0 Å². The van der Waals surface area contributed by atoms with Crippen LogP contribution in [-0.4, -0.2) is 33.2 Å². The number of hydrogen-bond acceptors (Lipinski definition) is 6. The molecule has 0 amide bonds. The third-order valence-corrected chi connectivity index (χ3v) is 9.90. The Morgan fingerprint density at radius 1 is 0.795 bits per heavy atom. The summed E-state index contributed by atoms with van der Waals surface area (Å²) in [5, 5.41) is 0. The van der Waals surface area contributed by atoms with Gasteiger partial charge in [-0.3, -0.25) is 4.79 Å². The molecule has 4 aromatic rings. The Morgan fingerprint density at radius 3 is 1.85 bits per heavy atom. The van der Waals surface area contributed by atoms with E-state index in [9.17, 15) is 18.0 Å². The number of hydrogen-bond donors (Lipinski definition) is 0. The molecular weight excluding hydrogens is 532 g/mol. The number of rotatable bonds is 9. The van der Waals surface area contributed by atoms with Gasteiger partial charge in [-0.1, -0.05) is 49.4 Å². The van der Waals surface area contributed by atoms with Gasteiger partial charge in [-0.25, -0.2) is 13.2 Å². The van der Waals surface area contributed by atoms with Crippen molar-refractivity contribution in [3.8, 4) is 5.75 Å². The molecular formula is C31H29O6S2+. The number of aryl methyl sites for hydroxylation is 2. The summed E-state index contributed by atoms with van der Waals surface area (Å²) in [5.41, 5.74) is 1.52.